The van der Waals surface area contributed by atoms with E-state index in [1.165, 1.54) is 13.2 Å². The van der Waals surface area contributed by atoms with Gasteiger partial charge in [-0.1, -0.05) is 0 Å². The van der Waals surface area contributed by atoms with Gasteiger partial charge in [0.05, 0.1) is 32.2 Å². The van der Waals surface area contributed by atoms with Crippen LogP contribution in [0.3, 0.4) is 0 Å². The smallest absolute Gasteiger partial charge is 0.251 e. The van der Waals surface area contributed by atoms with Crippen LogP contribution in [0, 0.1) is 12.7 Å². The number of carbonyl (C=O) groups excluding carboxylic acids is 1. The molecule has 1 fully saturated rings. The summed E-state index contributed by atoms with van der Waals surface area (Å²) in [7, 11) is 1.43. The number of halogens is 1. The number of nitrogens with zero attached hydrogens (tertiary/aromatic N) is 4. The van der Waals surface area contributed by atoms with Crippen LogP contribution in [0.2, 0.25) is 0 Å². The topological polar surface area (TPSA) is 105 Å². The van der Waals surface area contributed by atoms with Crippen molar-refractivity contribution < 1.29 is 18.7 Å². The average molecular weight is 548 g/mol. The van der Waals surface area contributed by atoms with Gasteiger partial charge in [0.15, 0.2) is 23.0 Å². The molecule has 11 heteroatoms. The molecule has 210 valence electrons. The molecule has 0 spiro atoms. The molecule has 5 rings (SSSR count). The van der Waals surface area contributed by atoms with Crippen LogP contribution in [0.25, 0.3) is 16.9 Å². The minimum atomic E-state index is -0.444. The number of piperazine rings is 1. The first-order chi connectivity index (χ1) is 19.5. The number of carbonyl (C=O) groups is 1. The fourth-order valence-electron chi connectivity index (χ4n) is 4.74. The predicted octanol–water partition coefficient (Wildman–Crippen LogP) is 3.25. The van der Waals surface area contributed by atoms with E-state index in [9.17, 15) is 9.18 Å². The zero-order valence-corrected chi connectivity index (χ0v) is 22.7. The number of aromatic nitrogens is 3. The van der Waals surface area contributed by atoms with E-state index in [0.717, 1.165) is 49.7 Å². The van der Waals surface area contributed by atoms with Gasteiger partial charge >= 0.3 is 0 Å². The Morgan fingerprint density at radius 2 is 1.98 bits per heavy atom. The van der Waals surface area contributed by atoms with Crippen molar-refractivity contribution in [1.82, 2.24) is 29.9 Å². The van der Waals surface area contributed by atoms with Crippen molar-refractivity contribution in [3.63, 3.8) is 0 Å². The fraction of sp³-hybridized carbons (Fsp3) is 0.345. The van der Waals surface area contributed by atoms with E-state index in [1.54, 1.807) is 36.8 Å². The quantitative estimate of drug-likeness (QED) is 0.246. The number of rotatable bonds is 11. The van der Waals surface area contributed by atoms with Gasteiger partial charge in [0.1, 0.15) is 0 Å². The van der Waals surface area contributed by atoms with E-state index in [2.05, 4.69) is 30.8 Å². The summed E-state index contributed by atoms with van der Waals surface area (Å²) in [5, 5.41) is 9.56. The SMILES string of the molecule is COc1ccc(-c2cnc3c(Nc4ccc(C(=O)NCCOCCN5CCNCC5)c(C)c4)nccn23)cc1F. The molecule has 40 heavy (non-hydrogen) atoms. The van der Waals surface area contributed by atoms with Gasteiger partial charge < -0.3 is 25.4 Å². The molecule has 2 aromatic carbocycles. The molecule has 1 saturated heterocycles. The molecule has 0 saturated carbocycles. The Kier molecular flexibility index (Phi) is 8.84. The molecule has 2 aromatic heterocycles. The summed E-state index contributed by atoms with van der Waals surface area (Å²) in [5.41, 5.74) is 4.17. The van der Waals surface area contributed by atoms with E-state index in [-0.39, 0.29) is 11.7 Å². The van der Waals surface area contributed by atoms with Crippen LogP contribution < -0.4 is 20.7 Å². The third-order valence-corrected chi connectivity index (χ3v) is 6.90. The monoisotopic (exact) mass is 547 g/mol. The molecule has 10 nitrogen and oxygen atoms in total. The maximum Gasteiger partial charge on any atom is 0.251 e. The lowest BCUT2D eigenvalue weighted by Crippen LogP contribution is -2.44. The number of fused-ring (bicyclic) bond motifs is 1. The maximum absolute atomic E-state index is 14.3. The lowest BCUT2D eigenvalue weighted by atomic mass is 10.1. The summed E-state index contributed by atoms with van der Waals surface area (Å²) in [6.45, 7) is 8.52. The van der Waals surface area contributed by atoms with Gasteiger partial charge in [-0.05, 0) is 48.9 Å². The number of methoxy groups -OCH3 is 1. The number of hydrogen-bond donors (Lipinski definition) is 3. The van der Waals surface area contributed by atoms with Gasteiger partial charge in [-0.25, -0.2) is 14.4 Å². The van der Waals surface area contributed by atoms with Crippen molar-refractivity contribution in [2.45, 2.75) is 6.92 Å². The normalized spacial score (nSPS) is 13.9. The summed E-state index contributed by atoms with van der Waals surface area (Å²) < 4.78 is 26.9. The summed E-state index contributed by atoms with van der Waals surface area (Å²) in [4.78, 5) is 24.1. The molecule has 1 amide bonds. The van der Waals surface area contributed by atoms with Crippen molar-refractivity contribution in [1.29, 1.82) is 0 Å². The van der Waals surface area contributed by atoms with Gasteiger partial charge in [-0.2, -0.15) is 0 Å². The number of ether oxygens (including phenoxy) is 2. The molecule has 3 N–H and O–H groups in total. The third-order valence-electron chi connectivity index (χ3n) is 6.90. The fourth-order valence-corrected chi connectivity index (χ4v) is 4.74. The Morgan fingerprint density at radius 3 is 2.75 bits per heavy atom. The minimum absolute atomic E-state index is 0.139. The molecular weight excluding hydrogens is 513 g/mol. The highest BCUT2D eigenvalue weighted by Gasteiger charge is 2.14. The number of hydrogen-bond acceptors (Lipinski definition) is 8. The second kappa shape index (κ2) is 12.9. The Balaban J connectivity index is 1.18. The second-order valence-corrected chi connectivity index (χ2v) is 9.58. The Bertz CT molecular complexity index is 1470. The van der Waals surface area contributed by atoms with E-state index < -0.39 is 5.82 Å². The third kappa shape index (κ3) is 6.39. The largest absolute Gasteiger partial charge is 0.494 e. The van der Waals surface area contributed by atoms with Gasteiger partial charge in [0.25, 0.3) is 5.91 Å². The van der Waals surface area contributed by atoms with Gasteiger partial charge in [0, 0.05) is 68.5 Å². The zero-order chi connectivity index (χ0) is 27.9. The lowest BCUT2D eigenvalue weighted by molar-refractivity contribution is 0.0864. The van der Waals surface area contributed by atoms with Gasteiger partial charge in [-0.3, -0.25) is 14.1 Å². The molecule has 3 heterocycles. The zero-order valence-electron chi connectivity index (χ0n) is 22.7. The highest BCUT2D eigenvalue weighted by molar-refractivity contribution is 5.96. The van der Waals surface area contributed by atoms with E-state index >= 15 is 0 Å². The van der Waals surface area contributed by atoms with Crippen molar-refractivity contribution in [2.24, 2.45) is 0 Å². The summed E-state index contributed by atoms with van der Waals surface area (Å²) in [6, 6.07) is 10.3. The first-order valence-corrected chi connectivity index (χ1v) is 13.4. The molecule has 0 atom stereocenters. The van der Waals surface area contributed by atoms with Crippen LogP contribution in [0.5, 0.6) is 5.75 Å². The molecule has 0 aliphatic carbocycles. The molecule has 1 aliphatic heterocycles. The summed E-state index contributed by atoms with van der Waals surface area (Å²) in [6.07, 6.45) is 5.11. The highest BCUT2D eigenvalue weighted by Crippen LogP contribution is 2.28. The first kappa shape index (κ1) is 27.5. The van der Waals surface area contributed by atoms with Crippen molar-refractivity contribution in [2.75, 3.05) is 64.9 Å². The number of imidazole rings is 1. The van der Waals surface area contributed by atoms with Crippen LogP contribution in [0.1, 0.15) is 15.9 Å². The van der Waals surface area contributed by atoms with Crippen molar-refractivity contribution in [3.8, 4) is 17.0 Å². The van der Waals surface area contributed by atoms with E-state index in [0.29, 0.717) is 42.4 Å². The van der Waals surface area contributed by atoms with Crippen molar-refractivity contribution >= 4 is 23.1 Å². The van der Waals surface area contributed by atoms with Crippen LogP contribution in [-0.4, -0.2) is 84.8 Å². The summed E-state index contributed by atoms with van der Waals surface area (Å²) in [5.74, 6) is 0.140. The number of aryl methyl sites for hydroxylation is 1. The predicted molar refractivity (Wildman–Crippen MR) is 152 cm³/mol. The van der Waals surface area contributed by atoms with Crippen LogP contribution in [0.4, 0.5) is 15.9 Å². The van der Waals surface area contributed by atoms with Crippen LogP contribution >= 0.6 is 0 Å². The van der Waals surface area contributed by atoms with Crippen LogP contribution in [0.15, 0.2) is 55.0 Å². The number of amides is 1. The molecule has 0 bridgehead atoms. The van der Waals surface area contributed by atoms with Gasteiger partial charge in [0.2, 0.25) is 0 Å². The number of benzene rings is 2. The Labute approximate surface area is 232 Å². The number of anilines is 2. The highest BCUT2D eigenvalue weighted by atomic mass is 19.1. The first-order valence-electron chi connectivity index (χ1n) is 13.4. The van der Waals surface area contributed by atoms with E-state index in [4.69, 9.17) is 9.47 Å². The lowest BCUT2D eigenvalue weighted by Gasteiger charge is -2.26. The number of nitrogens with one attached hydrogen (secondary N) is 3. The van der Waals surface area contributed by atoms with Crippen molar-refractivity contribution in [3.05, 3.63) is 71.9 Å². The summed E-state index contributed by atoms with van der Waals surface area (Å²) >= 11 is 0. The minimum Gasteiger partial charge on any atom is -0.494 e. The standard InChI is InChI=1S/C29H34FN7O3/c1-20-17-22(4-5-23(20)29(38)33-10-15-40-16-14-36-11-7-31-8-12-36)35-27-28-34-19-25(37(28)13-9-32-27)21-3-6-26(39-2)24(30)18-21/h3-6,9,13,17-19,31H,7-8,10-12,14-16H2,1-2H3,(H,32,35)(H,33,38). The Hall–Kier alpha value is -4.06. The molecule has 1 aliphatic rings. The molecule has 0 radical (unpaired) electrons. The molecular formula is C29H34FN7O3. The maximum atomic E-state index is 14.3. The van der Waals surface area contributed by atoms with Gasteiger partial charge in [-0.15, -0.1) is 0 Å². The second-order valence-electron chi connectivity index (χ2n) is 9.58. The van der Waals surface area contributed by atoms with Crippen LogP contribution in [-0.2, 0) is 4.74 Å². The Morgan fingerprint density at radius 1 is 1.12 bits per heavy atom. The molecule has 0 unspecified atom stereocenters. The average Bonchev–Trinajstić information content (AvgIpc) is 3.41. The molecule has 4 aromatic rings. The van der Waals surface area contributed by atoms with E-state index in [1.807, 2.05) is 23.5 Å².